The number of hydrogen-bond donors (Lipinski definition) is 2. The molecule has 17 heavy (non-hydrogen) atoms. The largest absolute Gasteiger partial charge is 0.480 e. The number of hydrogen-bond acceptors (Lipinski definition) is 4. The molecule has 6 heteroatoms. The topological polar surface area (TPSA) is 94.0 Å². The van der Waals surface area contributed by atoms with Crippen molar-refractivity contribution in [3.8, 4) is 0 Å². The summed E-state index contributed by atoms with van der Waals surface area (Å²) in [6, 6.07) is 0. The number of nitrogens with two attached hydrogens (primary N) is 1. The molecule has 0 aromatic carbocycles. The third-order valence-electron chi connectivity index (χ3n) is 3.01. The standard InChI is InChI=1S/C11H20N4O2/c1-4-11(12,10(16)17)6-5-7-15-9(3)13-8(2)14-15/h4-7,12H2,1-3H3,(H,16,17). The van der Waals surface area contributed by atoms with Gasteiger partial charge in [0.2, 0.25) is 0 Å². The highest BCUT2D eigenvalue weighted by atomic mass is 16.4. The fourth-order valence-corrected chi connectivity index (χ4v) is 1.75. The van der Waals surface area contributed by atoms with Crippen LogP contribution in [0.4, 0.5) is 0 Å². The summed E-state index contributed by atoms with van der Waals surface area (Å²) in [5, 5.41) is 13.2. The van der Waals surface area contributed by atoms with E-state index in [1.54, 1.807) is 11.6 Å². The normalized spacial score (nSPS) is 14.6. The fourth-order valence-electron chi connectivity index (χ4n) is 1.75. The van der Waals surface area contributed by atoms with E-state index in [4.69, 9.17) is 10.8 Å². The van der Waals surface area contributed by atoms with Crippen LogP contribution in [0.1, 0.15) is 37.8 Å². The van der Waals surface area contributed by atoms with Gasteiger partial charge in [0.15, 0.2) is 0 Å². The maximum Gasteiger partial charge on any atom is 0.323 e. The Kier molecular flexibility index (Phi) is 4.22. The van der Waals surface area contributed by atoms with Crippen molar-refractivity contribution in [3.63, 3.8) is 0 Å². The quantitative estimate of drug-likeness (QED) is 0.769. The van der Waals surface area contributed by atoms with E-state index in [-0.39, 0.29) is 0 Å². The predicted molar refractivity (Wildman–Crippen MR) is 63.6 cm³/mol. The van der Waals surface area contributed by atoms with Crippen molar-refractivity contribution in [2.24, 2.45) is 5.73 Å². The fraction of sp³-hybridized carbons (Fsp3) is 0.727. The third kappa shape index (κ3) is 3.26. The van der Waals surface area contributed by atoms with Crippen LogP contribution in [0, 0.1) is 13.8 Å². The molecule has 0 fully saturated rings. The molecule has 0 radical (unpaired) electrons. The van der Waals surface area contributed by atoms with Gasteiger partial charge in [-0.3, -0.25) is 9.48 Å². The van der Waals surface area contributed by atoms with Crippen molar-refractivity contribution in [2.75, 3.05) is 0 Å². The molecule has 1 heterocycles. The number of carbonyl (C=O) groups is 1. The molecule has 1 aromatic rings. The summed E-state index contributed by atoms with van der Waals surface area (Å²) in [4.78, 5) is 15.2. The minimum atomic E-state index is -1.12. The summed E-state index contributed by atoms with van der Waals surface area (Å²) in [6.07, 6.45) is 1.55. The van der Waals surface area contributed by atoms with E-state index in [0.29, 0.717) is 25.8 Å². The molecule has 0 saturated heterocycles. The molecular formula is C11H20N4O2. The Hall–Kier alpha value is -1.43. The molecule has 1 aromatic heterocycles. The Balaban J connectivity index is 2.52. The lowest BCUT2D eigenvalue weighted by Crippen LogP contribution is -2.47. The van der Waals surface area contributed by atoms with E-state index < -0.39 is 11.5 Å². The van der Waals surface area contributed by atoms with Crippen LogP contribution in [0.25, 0.3) is 0 Å². The van der Waals surface area contributed by atoms with Crippen LogP contribution in [-0.4, -0.2) is 31.4 Å². The van der Waals surface area contributed by atoms with Crippen molar-refractivity contribution >= 4 is 5.97 Å². The second kappa shape index (κ2) is 5.27. The van der Waals surface area contributed by atoms with Crippen LogP contribution in [-0.2, 0) is 11.3 Å². The minimum absolute atomic E-state index is 0.428. The van der Waals surface area contributed by atoms with Gasteiger partial charge in [-0.2, -0.15) is 5.10 Å². The van der Waals surface area contributed by atoms with Crippen molar-refractivity contribution in [1.29, 1.82) is 0 Å². The molecule has 3 N–H and O–H groups in total. The van der Waals surface area contributed by atoms with Gasteiger partial charge in [-0.1, -0.05) is 6.92 Å². The van der Waals surface area contributed by atoms with Crippen LogP contribution in [0.2, 0.25) is 0 Å². The van der Waals surface area contributed by atoms with Crippen molar-refractivity contribution in [1.82, 2.24) is 14.8 Å². The van der Waals surface area contributed by atoms with Gasteiger partial charge in [0.25, 0.3) is 0 Å². The molecule has 1 atom stereocenters. The van der Waals surface area contributed by atoms with E-state index in [2.05, 4.69) is 10.1 Å². The molecule has 6 nitrogen and oxygen atoms in total. The lowest BCUT2D eigenvalue weighted by Gasteiger charge is -2.22. The highest BCUT2D eigenvalue weighted by Crippen LogP contribution is 2.15. The van der Waals surface area contributed by atoms with Gasteiger partial charge < -0.3 is 10.8 Å². The van der Waals surface area contributed by atoms with Gasteiger partial charge in [0.1, 0.15) is 17.2 Å². The number of aromatic nitrogens is 3. The van der Waals surface area contributed by atoms with Crippen LogP contribution < -0.4 is 5.73 Å². The molecule has 0 aliphatic carbocycles. The number of rotatable bonds is 6. The Labute approximate surface area is 101 Å². The van der Waals surface area contributed by atoms with Crippen LogP contribution in [0.3, 0.4) is 0 Å². The smallest absolute Gasteiger partial charge is 0.323 e. The first-order valence-corrected chi connectivity index (χ1v) is 5.79. The summed E-state index contributed by atoms with van der Waals surface area (Å²) in [5.41, 5.74) is 4.68. The molecule has 0 saturated carbocycles. The van der Waals surface area contributed by atoms with Crippen LogP contribution in [0.15, 0.2) is 0 Å². The SMILES string of the molecule is CCC(N)(CCCn1nc(C)nc1C)C(=O)O. The number of carboxylic acid groups (broad SMARTS) is 1. The molecule has 0 spiro atoms. The van der Waals surface area contributed by atoms with E-state index in [0.717, 1.165) is 11.6 Å². The maximum atomic E-state index is 11.0. The predicted octanol–water partition coefficient (Wildman–Crippen LogP) is 0.867. The molecule has 1 rings (SSSR count). The van der Waals surface area contributed by atoms with Crippen molar-refractivity contribution in [3.05, 3.63) is 11.6 Å². The summed E-state index contributed by atoms with van der Waals surface area (Å²) < 4.78 is 1.78. The van der Waals surface area contributed by atoms with Gasteiger partial charge in [0, 0.05) is 6.54 Å². The van der Waals surface area contributed by atoms with Gasteiger partial charge in [-0.15, -0.1) is 0 Å². The first kappa shape index (κ1) is 13.6. The molecule has 96 valence electrons. The molecule has 0 aliphatic heterocycles. The van der Waals surface area contributed by atoms with E-state index in [1.165, 1.54) is 0 Å². The van der Waals surface area contributed by atoms with Gasteiger partial charge >= 0.3 is 5.97 Å². The van der Waals surface area contributed by atoms with Crippen molar-refractivity contribution in [2.45, 2.75) is 52.1 Å². The zero-order chi connectivity index (χ0) is 13.1. The number of nitrogens with zero attached hydrogens (tertiary/aromatic N) is 3. The minimum Gasteiger partial charge on any atom is -0.480 e. The van der Waals surface area contributed by atoms with Gasteiger partial charge in [0.05, 0.1) is 0 Å². The lowest BCUT2D eigenvalue weighted by molar-refractivity contribution is -0.143. The summed E-state index contributed by atoms with van der Waals surface area (Å²) in [7, 11) is 0. The average Bonchev–Trinajstić information content (AvgIpc) is 2.57. The summed E-state index contributed by atoms with van der Waals surface area (Å²) in [5.74, 6) is 0.638. The Bertz CT molecular complexity index is 402. The Morgan fingerprint density at radius 1 is 1.53 bits per heavy atom. The first-order chi connectivity index (χ1) is 7.89. The second-order valence-corrected chi connectivity index (χ2v) is 4.35. The van der Waals surface area contributed by atoms with E-state index in [1.807, 2.05) is 13.8 Å². The summed E-state index contributed by atoms with van der Waals surface area (Å²) in [6.45, 7) is 6.16. The van der Waals surface area contributed by atoms with Gasteiger partial charge in [-0.05, 0) is 33.1 Å². The first-order valence-electron chi connectivity index (χ1n) is 5.79. The summed E-state index contributed by atoms with van der Waals surface area (Å²) >= 11 is 0. The molecule has 1 unspecified atom stereocenters. The van der Waals surface area contributed by atoms with Gasteiger partial charge in [-0.25, -0.2) is 4.98 Å². The van der Waals surface area contributed by atoms with Crippen LogP contribution in [0.5, 0.6) is 0 Å². The highest BCUT2D eigenvalue weighted by Gasteiger charge is 2.31. The Morgan fingerprint density at radius 2 is 2.18 bits per heavy atom. The van der Waals surface area contributed by atoms with E-state index >= 15 is 0 Å². The lowest BCUT2D eigenvalue weighted by atomic mass is 9.92. The number of aryl methyl sites for hydroxylation is 3. The molecular weight excluding hydrogens is 220 g/mol. The van der Waals surface area contributed by atoms with E-state index in [9.17, 15) is 4.79 Å². The highest BCUT2D eigenvalue weighted by molar-refractivity contribution is 5.78. The maximum absolute atomic E-state index is 11.0. The second-order valence-electron chi connectivity index (χ2n) is 4.35. The molecule has 0 bridgehead atoms. The monoisotopic (exact) mass is 240 g/mol. The molecule has 0 amide bonds. The molecule has 0 aliphatic rings. The van der Waals surface area contributed by atoms with Crippen molar-refractivity contribution < 1.29 is 9.90 Å². The average molecular weight is 240 g/mol. The third-order valence-corrected chi connectivity index (χ3v) is 3.01. The van der Waals surface area contributed by atoms with Crippen LogP contribution >= 0.6 is 0 Å². The Morgan fingerprint density at radius 3 is 2.59 bits per heavy atom. The number of carboxylic acids is 1. The number of aliphatic carboxylic acids is 1. The zero-order valence-electron chi connectivity index (χ0n) is 10.6. The zero-order valence-corrected chi connectivity index (χ0v) is 10.6.